The van der Waals surface area contributed by atoms with Crippen molar-refractivity contribution in [2.75, 3.05) is 19.0 Å². The first-order valence-corrected chi connectivity index (χ1v) is 9.80. The van der Waals surface area contributed by atoms with Crippen LogP contribution in [0.4, 0.5) is 10.1 Å². The Hall–Kier alpha value is -3.03. The molecule has 0 saturated carbocycles. The number of amides is 1. The van der Waals surface area contributed by atoms with Crippen LogP contribution in [0.2, 0.25) is 0 Å². The molecule has 7 heteroatoms. The highest BCUT2D eigenvalue weighted by molar-refractivity contribution is 7.21. The Balaban J connectivity index is 1.79. The molecule has 0 atom stereocenters. The molecule has 3 aromatic rings. The molecule has 0 aliphatic rings. The lowest BCUT2D eigenvalue weighted by Crippen LogP contribution is -2.12. The molecule has 5 nitrogen and oxygen atoms in total. The van der Waals surface area contributed by atoms with E-state index in [0.29, 0.717) is 32.8 Å². The van der Waals surface area contributed by atoms with Crippen molar-refractivity contribution in [3.8, 4) is 0 Å². The quantitative estimate of drug-likeness (QED) is 0.437. The molecule has 29 heavy (non-hydrogen) atoms. The molecule has 150 valence electrons. The van der Waals surface area contributed by atoms with Crippen LogP contribution in [0.15, 0.2) is 48.5 Å². The van der Waals surface area contributed by atoms with E-state index in [1.165, 1.54) is 30.6 Å². The number of carbonyl (C=O) groups excluding carboxylic acids is 2. The van der Waals surface area contributed by atoms with E-state index in [1.807, 2.05) is 0 Å². The van der Waals surface area contributed by atoms with E-state index in [9.17, 15) is 14.0 Å². The zero-order valence-corrected chi connectivity index (χ0v) is 16.8. The number of rotatable bonds is 7. The number of hydrogen-bond donors (Lipinski definition) is 1. The summed E-state index contributed by atoms with van der Waals surface area (Å²) < 4.78 is 25.0. The van der Waals surface area contributed by atoms with Gasteiger partial charge in [-0.25, -0.2) is 9.18 Å². The Morgan fingerprint density at radius 1 is 1.17 bits per heavy atom. The highest BCUT2D eigenvalue weighted by atomic mass is 32.1. The Morgan fingerprint density at radius 2 is 1.93 bits per heavy atom. The molecule has 1 N–H and O–H groups in total. The number of benzene rings is 2. The van der Waals surface area contributed by atoms with Gasteiger partial charge in [0.05, 0.1) is 18.1 Å². The van der Waals surface area contributed by atoms with Crippen molar-refractivity contribution in [2.45, 2.75) is 13.5 Å². The molecule has 0 aliphatic heterocycles. The average molecular weight is 413 g/mol. The van der Waals surface area contributed by atoms with Crippen LogP contribution in [0.25, 0.3) is 16.2 Å². The molecule has 0 radical (unpaired) electrons. The van der Waals surface area contributed by atoms with E-state index in [0.717, 1.165) is 5.56 Å². The molecular weight excluding hydrogens is 393 g/mol. The second kappa shape index (κ2) is 9.45. The van der Waals surface area contributed by atoms with Gasteiger partial charge < -0.3 is 14.8 Å². The fourth-order valence-electron chi connectivity index (χ4n) is 2.85. The number of nitrogens with one attached hydrogen (secondary N) is 1. The molecule has 0 fully saturated rings. The number of methoxy groups -OCH3 is 1. The molecule has 1 heterocycles. The van der Waals surface area contributed by atoms with E-state index in [-0.39, 0.29) is 18.3 Å². The van der Waals surface area contributed by atoms with Crippen LogP contribution in [0.1, 0.15) is 27.7 Å². The Kier molecular flexibility index (Phi) is 6.74. The van der Waals surface area contributed by atoms with Crippen LogP contribution in [0.3, 0.4) is 0 Å². The van der Waals surface area contributed by atoms with Gasteiger partial charge in [0, 0.05) is 34.5 Å². The first-order valence-electron chi connectivity index (χ1n) is 8.98. The van der Waals surface area contributed by atoms with Gasteiger partial charge in [-0.15, -0.1) is 11.3 Å². The lowest BCUT2D eigenvalue weighted by molar-refractivity contribution is -0.137. The summed E-state index contributed by atoms with van der Waals surface area (Å²) in [6.45, 7) is 2.20. The lowest BCUT2D eigenvalue weighted by atomic mass is 10.1. The third-order valence-electron chi connectivity index (χ3n) is 4.13. The van der Waals surface area contributed by atoms with Crippen molar-refractivity contribution >= 4 is 45.1 Å². The minimum Gasteiger partial charge on any atom is -0.463 e. The number of esters is 1. The fraction of sp³-hybridized carbons (Fsp3) is 0.182. The normalized spacial score (nSPS) is 11.1. The van der Waals surface area contributed by atoms with Crippen molar-refractivity contribution in [3.05, 3.63) is 70.4 Å². The molecular formula is C22H20FNO4S. The molecule has 2 aromatic carbocycles. The smallest absolute Gasteiger partial charge is 0.330 e. The summed E-state index contributed by atoms with van der Waals surface area (Å²) in [5, 5.41) is 3.25. The summed E-state index contributed by atoms with van der Waals surface area (Å²) in [5.41, 5.74) is 1.92. The van der Waals surface area contributed by atoms with Crippen molar-refractivity contribution in [2.24, 2.45) is 0 Å². The van der Waals surface area contributed by atoms with Crippen LogP contribution >= 0.6 is 11.3 Å². The number of carbonyl (C=O) groups is 2. The van der Waals surface area contributed by atoms with E-state index in [2.05, 4.69) is 5.32 Å². The van der Waals surface area contributed by atoms with Gasteiger partial charge in [0.1, 0.15) is 5.82 Å². The van der Waals surface area contributed by atoms with Crippen molar-refractivity contribution in [1.29, 1.82) is 0 Å². The zero-order valence-electron chi connectivity index (χ0n) is 16.0. The van der Waals surface area contributed by atoms with Gasteiger partial charge in [-0.05, 0) is 42.8 Å². The second-order valence-corrected chi connectivity index (χ2v) is 7.17. The molecule has 0 unspecified atom stereocenters. The number of halogens is 1. The van der Waals surface area contributed by atoms with E-state index in [1.54, 1.807) is 49.4 Å². The monoisotopic (exact) mass is 413 g/mol. The summed E-state index contributed by atoms with van der Waals surface area (Å²) in [6, 6.07) is 11.8. The van der Waals surface area contributed by atoms with Crippen LogP contribution in [0.5, 0.6) is 0 Å². The third-order valence-corrected chi connectivity index (χ3v) is 5.32. The molecule has 0 bridgehead atoms. The van der Waals surface area contributed by atoms with Gasteiger partial charge in [0.2, 0.25) is 0 Å². The van der Waals surface area contributed by atoms with E-state index in [4.69, 9.17) is 9.47 Å². The summed E-state index contributed by atoms with van der Waals surface area (Å²) in [7, 11) is 1.51. The molecule has 1 aromatic heterocycles. The van der Waals surface area contributed by atoms with Gasteiger partial charge >= 0.3 is 5.97 Å². The number of ether oxygens (including phenoxy) is 2. The van der Waals surface area contributed by atoms with Gasteiger partial charge in [0.25, 0.3) is 5.91 Å². The van der Waals surface area contributed by atoms with Gasteiger partial charge in [-0.3, -0.25) is 4.79 Å². The molecule has 0 spiro atoms. The van der Waals surface area contributed by atoms with Gasteiger partial charge in [0.15, 0.2) is 0 Å². The van der Waals surface area contributed by atoms with Crippen LogP contribution in [0, 0.1) is 5.82 Å². The first-order chi connectivity index (χ1) is 14.0. The summed E-state index contributed by atoms with van der Waals surface area (Å²) in [4.78, 5) is 24.6. The number of fused-ring (bicyclic) bond motifs is 1. The van der Waals surface area contributed by atoms with E-state index < -0.39 is 5.97 Å². The molecule has 0 aliphatic carbocycles. The fourth-order valence-corrected chi connectivity index (χ4v) is 3.97. The minimum absolute atomic E-state index is 0.140. The third kappa shape index (κ3) is 4.88. The van der Waals surface area contributed by atoms with Gasteiger partial charge in [-0.2, -0.15) is 0 Å². The Bertz CT molecular complexity index is 1060. The topological polar surface area (TPSA) is 64.6 Å². The van der Waals surface area contributed by atoms with Crippen LogP contribution in [-0.2, 0) is 20.9 Å². The maximum atomic E-state index is 14.3. The summed E-state index contributed by atoms with van der Waals surface area (Å²) in [5.74, 6) is -1.11. The minimum atomic E-state index is -0.410. The average Bonchev–Trinajstić information content (AvgIpc) is 3.08. The predicted octanol–water partition coefficient (Wildman–Crippen LogP) is 5.02. The first kappa shape index (κ1) is 20.7. The molecule has 3 rings (SSSR count). The van der Waals surface area contributed by atoms with Crippen molar-refractivity contribution in [1.82, 2.24) is 0 Å². The highest BCUT2D eigenvalue weighted by Crippen LogP contribution is 2.34. The largest absolute Gasteiger partial charge is 0.463 e. The SMILES string of the molecule is CCOC(=O)C=Cc1ccc(NC(=O)c2sc3cccc(F)c3c2COC)cc1. The number of anilines is 1. The standard InChI is InChI=1S/C22H20FNO4S/c1-3-28-19(25)12-9-14-7-10-15(11-8-14)24-22(26)21-16(13-27-2)20-17(23)5-4-6-18(20)29-21/h4-12H,3,13H2,1-2H3,(H,24,26). The molecule has 1 amide bonds. The zero-order chi connectivity index (χ0) is 20.8. The molecule has 0 saturated heterocycles. The van der Waals surface area contributed by atoms with Gasteiger partial charge in [-0.1, -0.05) is 18.2 Å². The maximum Gasteiger partial charge on any atom is 0.330 e. The second-order valence-electron chi connectivity index (χ2n) is 6.12. The Morgan fingerprint density at radius 3 is 2.62 bits per heavy atom. The number of hydrogen-bond acceptors (Lipinski definition) is 5. The van der Waals surface area contributed by atoms with Crippen LogP contribution in [-0.4, -0.2) is 25.6 Å². The van der Waals surface area contributed by atoms with Crippen molar-refractivity contribution in [3.63, 3.8) is 0 Å². The summed E-state index contributed by atoms with van der Waals surface area (Å²) >= 11 is 1.23. The van der Waals surface area contributed by atoms with Crippen molar-refractivity contribution < 1.29 is 23.5 Å². The highest BCUT2D eigenvalue weighted by Gasteiger charge is 2.20. The Labute approximate surface area is 171 Å². The van der Waals surface area contributed by atoms with E-state index >= 15 is 0 Å². The predicted molar refractivity (Wildman–Crippen MR) is 113 cm³/mol. The number of thiophene rings is 1. The maximum absolute atomic E-state index is 14.3. The van der Waals surface area contributed by atoms with Crippen LogP contribution < -0.4 is 5.32 Å². The lowest BCUT2D eigenvalue weighted by Gasteiger charge is -2.07. The summed E-state index contributed by atoms with van der Waals surface area (Å²) in [6.07, 6.45) is 2.98.